The first-order valence-corrected chi connectivity index (χ1v) is 8.09. The third-order valence-electron chi connectivity index (χ3n) is 5.73. The maximum absolute atomic E-state index is 12.8. The van der Waals surface area contributed by atoms with Gasteiger partial charge in [0, 0.05) is 0 Å². The Labute approximate surface area is 125 Å². The fourth-order valence-corrected chi connectivity index (χ4v) is 3.82. The molecule has 0 heterocycles. The van der Waals surface area contributed by atoms with Gasteiger partial charge in [-0.3, -0.25) is 0 Å². The van der Waals surface area contributed by atoms with Gasteiger partial charge in [0.15, 0.2) is 0 Å². The maximum atomic E-state index is 12.8. The molecule has 3 rings (SSSR count). The average Bonchev–Trinajstić information content (AvgIpc) is 3.25. The highest BCUT2D eigenvalue weighted by Gasteiger charge is 2.44. The molecule has 4 N–H and O–H groups in total. The summed E-state index contributed by atoms with van der Waals surface area (Å²) in [5.41, 5.74) is 0.827. The lowest BCUT2D eigenvalue weighted by atomic mass is 9.79. The van der Waals surface area contributed by atoms with Crippen LogP contribution in [0.2, 0.25) is 0 Å². The molecule has 0 unspecified atom stereocenters. The minimum Gasteiger partial charge on any atom is -0.388 e. The molecule has 0 saturated heterocycles. The Morgan fingerprint density at radius 1 is 1.10 bits per heavy atom. The van der Waals surface area contributed by atoms with Crippen LogP contribution in [0.4, 0.5) is 4.39 Å². The Kier molecular flexibility index (Phi) is 4.37. The molecule has 2 saturated carbocycles. The number of hydrogen-bond acceptors (Lipinski definition) is 4. The molecule has 0 aromatic rings. The van der Waals surface area contributed by atoms with E-state index in [-0.39, 0.29) is 5.57 Å². The monoisotopic (exact) mass is 299 g/mol. The molecule has 2 fully saturated rings. The highest BCUT2D eigenvalue weighted by Crippen LogP contribution is 2.57. The van der Waals surface area contributed by atoms with Crippen LogP contribution in [-0.4, -0.2) is 52.9 Å². The molecule has 3 aliphatic carbocycles. The van der Waals surface area contributed by atoms with E-state index in [0.717, 1.165) is 6.54 Å². The van der Waals surface area contributed by atoms with Gasteiger partial charge in [0.05, 0.1) is 6.04 Å². The van der Waals surface area contributed by atoms with Crippen molar-refractivity contribution in [3.05, 3.63) is 11.6 Å². The van der Waals surface area contributed by atoms with Gasteiger partial charge in [-0.05, 0) is 62.0 Å². The number of aliphatic hydroxyl groups excluding tert-OH is 3. The SMILES string of the molecule is O[C@@H]1[C@@H](O)[C@@H](O)C(CF)=C[C@H]1NCC1CCC2(CC1)CC2. The molecule has 3 aliphatic rings. The van der Waals surface area contributed by atoms with Crippen LogP contribution in [0.15, 0.2) is 11.6 Å². The molecule has 0 aromatic carbocycles. The number of halogens is 1. The Hall–Kier alpha value is -0.490. The van der Waals surface area contributed by atoms with Crippen molar-refractivity contribution in [1.29, 1.82) is 0 Å². The van der Waals surface area contributed by atoms with Gasteiger partial charge < -0.3 is 20.6 Å². The minimum atomic E-state index is -1.32. The fourth-order valence-electron chi connectivity index (χ4n) is 3.82. The highest BCUT2D eigenvalue weighted by atomic mass is 19.1. The third kappa shape index (κ3) is 3.16. The molecule has 0 bridgehead atoms. The first kappa shape index (κ1) is 15.4. The summed E-state index contributed by atoms with van der Waals surface area (Å²) in [4.78, 5) is 0. The summed E-state index contributed by atoms with van der Waals surface area (Å²) in [5.74, 6) is 0.592. The first-order chi connectivity index (χ1) is 10.0. The van der Waals surface area contributed by atoms with Crippen LogP contribution in [-0.2, 0) is 0 Å². The van der Waals surface area contributed by atoms with E-state index in [9.17, 15) is 19.7 Å². The Morgan fingerprint density at radius 2 is 1.76 bits per heavy atom. The van der Waals surface area contributed by atoms with Gasteiger partial charge in [-0.1, -0.05) is 6.08 Å². The normalized spacial score (nSPS) is 39.3. The molecule has 4 atom stereocenters. The highest BCUT2D eigenvalue weighted by molar-refractivity contribution is 5.21. The van der Waals surface area contributed by atoms with E-state index in [2.05, 4.69) is 5.32 Å². The molecule has 5 heteroatoms. The molecule has 21 heavy (non-hydrogen) atoms. The lowest BCUT2D eigenvalue weighted by Crippen LogP contribution is -2.54. The lowest BCUT2D eigenvalue weighted by Gasteiger charge is -2.36. The summed E-state index contributed by atoms with van der Waals surface area (Å²) in [6.07, 6.45) is 5.64. The summed E-state index contributed by atoms with van der Waals surface area (Å²) >= 11 is 0. The van der Waals surface area contributed by atoms with E-state index in [0.29, 0.717) is 11.3 Å². The van der Waals surface area contributed by atoms with E-state index in [4.69, 9.17) is 0 Å². The molecule has 4 nitrogen and oxygen atoms in total. The second-order valence-electron chi connectivity index (χ2n) is 7.18. The number of aliphatic hydroxyl groups is 3. The Bertz CT molecular complexity index is 400. The summed E-state index contributed by atoms with van der Waals surface area (Å²) in [5, 5.41) is 32.7. The zero-order valence-corrected chi connectivity index (χ0v) is 12.3. The third-order valence-corrected chi connectivity index (χ3v) is 5.73. The number of rotatable bonds is 4. The van der Waals surface area contributed by atoms with E-state index in [1.54, 1.807) is 0 Å². The van der Waals surface area contributed by atoms with Crippen LogP contribution in [0.5, 0.6) is 0 Å². The van der Waals surface area contributed by atoms with Crippen LogP contribution < -0.4 is 5.32 Å². The largest absolute Gasteiger partial charge is 0.388 e. The molecule has 0 aliphatic heterocycles. The quantitative estimate of drug-likeness (QED) is 0.582. The van der Waals surface area contributed by atoms with Crippen LogP contribution in [0.3, 0.4) is 0 Å². The topological polar surface area (TPSA) is 72.7 Å². The van der Waals surface area contributed by atoms with Gasteiger partial charge >= 0.3 is 0 Å². The second kappa shape index (κ2) is 5.95. The van der Waals surface area contributed by atoms with Gasteiger partial charge in [0.25, 0.3) is 0 Å². The molecular weight excluding hydrogens is 273 g/mol. The molecule has 0 radical (unpaired) electrons. The van der Waals surface area contributed by atoms with Crippen molar-refractivity contribution < 1.29 is 19.7 Å². The maximum Gasteiger partial charge on any atom is 0.113 e. The molecule has 0 aromatic heterocycles. The summed E-state index contributed by atoms with van der Waals surface area (Å²) in [6, 6.07) is -0.481. The smallest absolute Gasteiger partial charge is 0.113 e. The van der Waals surface area contributed by atoms with Crippen LogP contribution >= 0.6 is 0 Å². The summed E-state index contributed by atoms with van der Waals surface area (Å²) in [6.45, 7) is -0.0221. The number of nitrogens with one attached hydrogen (secondary N) is 1. The predicted molar refractivity (Wildman–Crippen MR) is 77.5 cm³/mol. The number of hydrogen-bond donors (Lipinski definition) is 4. The van der Waals surface area contributed by atoms with E-state index >= 15 is 0 Å². The lowest BCUT2D eigenvalue weighted by molar-refractivity contribution is -0.0633. The first-order valence-electron chi connectivity index (χ1n) is 8.09. The van der Waals surface area contributed by atoms with Crippen molar-refractivity contribution in [3.8, 4) is 0 Å². The van der Waals surface area contributed by atoms with E-state index in [1.807, 2.05) is 0 Å². The van der Waals surface area contributed by atoms with Gasteiger partial charge in [-0.2, -0.15) is 0 Å². The van der Waals surface area contributed by atoms with Gasteiger partial charge in [-0.15, -0.1) is 0 Å². The zero-order valence-electron chi connectivity index (χ0n) is 12.3. The van der Waals surface area contributed by atoms with E-state index in [1.165, 1.54) is 44.6 Å². The standard InChI is InChI=1S/C16H26FNO3/c17-8-11-7-12(14(20)15(21)13(11)19)18-9-10-1-3-16(4-2-10)5-6-16/h7,10,12-15,18-21H,1-6,8-9H2/t12-,13+,14+,15+/m1/s1. The van der Waals surface area contributed by atoms with Gasteiger partial charge in [0.2, 0.25) is 0 Å². The van der Waals surface area contributed by atoms with Crippen molar-refractivity contribution in [3.63, 3.8) is 0 Å². The fraction of sp³-hybridized carbons (Fsp3) is 0.875. The average molecular weight is 299 g/mol. The molecule has 120 valence electrons. The van der Waals surface area contributed by atoms with Gasteiger partial charge in [0.1, 0.15) is 25.0 Å². The predicted octanol–water partition coefficient (Wildman–Crippen LogP) is 0.907. The van der Waals surface area contributed by atoms with Crippen molar-refractivity contribution in [2.75, 3.05) is 13.2 Å². The van der Waals surface area contributed by atoms with E-state index < -0.39 is 31.0 Å². The van der Waals surface area contributed by atoms with Gasteiger partial charge in [-0.25, -0.2) is 4.39 Å². The van der Waals surface area contributed by atoms with Crippen molar-refractivity contribution in [2.45, 2.75) is 62.9 Å². The summed E-state index contributed by atoms with van der Waals surface area (Å²) in [7, 11) is 0. The molecular formula is C16H26FNO3. The van der Waals surface area contributed by atoms with Crippen LogP contribution in [0, 0.1) is 11.3 Å². The summed E-state index contributed by atoms with van der Waals surface area (Å²) < 4.78 is 12.8. The van der Waals surface area contributed by atoms with Crippen molar-refractivity contribution in [2.24, 2.45) is 11.3 Å². The van der Waals surface area contributed by atoms with Crippen LogP contribution in [0.1, 0.15) is 38.5 Å². The Morgan fingerprint density at radius 3 is 2.33 bits per heavy atom. The van der Waals surface area contributed by atoms with Crippen molar-refractivity contribution in [1.82, 2.24) is 5.32 Å². The number of alkyl halides is 1. The molecule has 0 amide bonds. The van der Waals surface area contributed by atoms with Crippen molar-refractivity contribution >= 4 is 0 Å². The molecule has 1 spiro atoms. The second-order valence-corrected chi connectivity index (χ2v) is 7.18. The minimum absolute atomic E-state index is 0.158. The van der Waals surface area contributed by atoms with Crippen LogP contribution in [0.25, 0.3) is 0 Å². The zero-order chi connectivity index (χ0) is 15.0. The Balaban J connectivity index is 1.53.